The van der Waals surface area contributed by atoms with Gasteiger partial charge in [0.05, 0.1) is 5.39 Å². The van der Waals surface area contributed by atoms with Gasteiger partial charge in [-0.05, 0) is 17.2 Å². The summed E-state index contributed by atoms with van der Waals surface area (Å²) in [4.78, 5) is 0.0154. The normalized spacial score (nSPS) is 13.6. The van der Waals surface area contributed by atoms with Crippen LogP contribution in [-0.2, 0) is 15.5 Å². The van der Waals surface area contributed by atoms with Gasteiger partial charge >= 0.3 is 0 Å². The molecule has 0 radical (unpaired) electrons. The highest BCUT2D eigenvalue weighted by atomic mass is 35.7. The first kappa shape index (κ1) is 14.8. The summed E-state index contributed by atoms with van der Waals surface area (Å²) in [6, 6.07) is 13.8. The highest BCUT2D eigenvalue weighted by Gasteiger charge is 2.30. The lowest BCUT2D eigenvalue weighted by molar-refractivity contribution is 0.125. The van der Waals surface area contributed by atoms with Crippen LogP contribution in [0.4, 0.5) is 0 Å². The fraction of sp³-hybridized carbons (Fsp3) is 0.125. The first-order valence-electron chi connectivity index (χ1n) is 6.86. The molecule has 4 rings (SSSR count). The molecule has 0 fully saturated rings. The molecule has 0 saturated carbocycles. The maximum absolute atomic E-state index is 12.0. The van der Waals surface area contributed by atoms with Gasteiger partial charge in [0.25, 0.3) is 9.05 Å². The Balaban J connectivity index is 1.95. The largest absolute Gasteiger partial charge is 0.456 e. The van der Waals surface area contributed by atoms with Crippen LogP contribution < -0.4 is 9.47 Å². The first-order valence-corrected chi connectivity index (χ1v) is 9.99. The van der Waals surface area contributed by atoms with Crippen LogP contribution in [0.5, 0.6) is 10.8 Å². The second-order valence-corrected chi connectivity index (χ2v) is 8.67. The van der Waals surface area contributed by atoms with E-state index in [4.69, 9.17) is 20.2 Å². The van der Waals surface area contributed by atoms with E-state index in [1.54, 1.807) is 0 Å². The SMILES string of the molecule is O=S(=O)(Cl)c1c2sc3ccc(Cc4ccccc4)c(c13)OCO2. The second-order valence-electron chi connectivity index (χ2n) is 5.15. The number of hydrogen-bond acceptors (Lipinski definition) is 5. The highest BCUT2D eigenvalue weighted by Crippen LogP contribution is 2.49. The molecule has 2 aromatic carbocycles. The van der Waals surface area contributed by atoms with Crippen LogP contribution in [-0.4, -0.2) is 15.2 Å². The fourth-order valence-electron chi connectivity index (χ4n) is 2.73. The molecule has 0 aliphatic carbocycles. The molecule has 0 spiro atoms. The predicted molar refractivity (Wildman–Crippen MR) is 90.2 cm³/mol. The Labute approximate surface area is 141 Å². The van der Waals surface area contributed by atoms with Crippen molar-refractivity contribution in [1.82, 2.24) is 0 Å². The van der Waals surface area contributed by atoms with Gasteiger partial charge in [-0.3, -0.25) is 0 Å². The Bertz CT molecular complexity index is 994. The Hall–Kier alpha value is -1.76. The number of fused-ring (bicyclic) bond motifs is 1. The van der Waals surface area contributed by atoms with E-state index < -0.39 is 9.05 Å². The number of benzene rings is 2. The van der Waals surface area contributed by atoms with Crippen molar-refractivity contribution in [2.75, 3.05) is 6.79 Å². The number of hydrogen-bond donors (Lipinski definition) is 0. The van der Waals surface area contributed by atoms with Gasteiger partial charge in [0, 0.05) is 21.8 Å². The molecule has 0 unspecified atom stereocenters. The molecule has 2 heterocycles. The van der Waals surface area contributed by atoms with Crippen molar-refractivity contribution in [3.8, 4) is 10.8 Å². The quantitative estimate of drug-likeness (QED) is 0.653. The van der Waals surface area contributed by atoms with Gasteiger partial charge in [-0.25, -0.2) is 8.42 Å². The van der Waals surface area contributed by atoms with Crippen molar-refractivity contribution < 1.29 is 17.9 Å². The minimum atomic E-state index is -3.92. The lowest BCUT2D eigenvalue weighted by Gasteiger charge is -2.12. The number of rotatable bonds is 3. The zero-order valence-electron chi connectivity index (χ0n) is 11.8. The van der Waals surface area contributed by atoms with Crippen molar-refractivity contribution in [1.29, 1.82) is 0 Å². The van der Waals surface area contributed by atoms with Gasteiger partial charge in [0.1, 0.15) is 10.6 Å². The minimum absolute atomic E-state index is 0.0154. The molecule has 0 amide bonds. The molecular formula is C16H11ClO4S2. The third-order valence-corrected chi connectivity index (χ3v) is 6.23. The van der Waals surface area contributed by atoms with Crippen molar-refractivity contribution in [3.05, 3.63) is 53.6 Å². The van der Waals surface area contributed by atoms with Gasteiger partial charge < -0.3 is 9.47 Å². The molecule has 0 atom stereocenters. The summed E-state index contributed by atoms with van der Waals surface area (Å²) in [5, 5.41) is 0.802. The Morgan fingerprint density at radius 1 is 1.09 bits per heavy atom. The lowest BCUT2D eigenvalue weighted by atomic mass is 10.0. The summed E-state index contributed by atoms with van der Waals surface area (Å²) in [6.45, 7) is -0.0313. The predicted octanol–water partition coefficient (Wildman–Crippen LogP) is 4.15. The van der Waals surface area contributed by atoms with Gasteiger partial charge in [-0.1, -0.05) is 47.7 Å². The molecular weight excluding hydrogens is 356 g/mol. The Kier molecular flexibility index (Phi) is 3.48. The van der Waals surface area contributed by atoms with E-state index in [2.05, 4.69) is 0 Å². The van der Waals surface area contributed by atoms with E-state index in [0.29, 0.717) is 17.6 Å². The molecule has 2 bridgehead atoms. The molecule has 1 aliphatic rings. The third kappa shape index (κ3) is 2.56. The van der Waals surface area contributed by atoms with Gasteiger partial charge in [-0.15, -0.1) is 0 Å². The highest BCUT2D eigenvalue weighted by molar-refractivity contribution is 8.14. The van der Waals surface area contributed by atoms with Crippen molar-refractivity contribution in [3.63, 3.8) is 0 Å². The summed E-state index contributed by atoms with van der Waals surface area (Å²) < 4.78 is 35.8. The summed E-state index contributed by atoms with van der Waals surface area (Å²) >= 11 is 1.27. The van der Waals surface area contributed by atoms with Crippen molar-refractivity contribution >= 4 is 41.2 Å². The number of halogens is 1. The third-order valence-electron chi connectivity index (χ3n) is 3.69. The number of thiophene rings is 1. The summed E-state index contributed by atoms with van der Waals surface area (Å²) in [7, 11) is 1.70. The van der Waals surface area contributed by atoms with Crippen molar-refractivity contribution in [2.45, 2.75) is 11.3 Å². The van der Waals surface area contributed by atoms with E-state index >= 15 is 0 Å². The average molecular weight is 367 g/mol. The molecule has 1 aliphatic heterocycles. The molecule has 4 nitrogen and oxygen atoms in total. The lowest BCUT2D eigenvalue weighted by Crippen LogP contribution is -2.06. The van der Waals surface area contributed by atoms with Crippen molar-refractivity contribution in [2.24, 2.45) is 0 Å². The summed E-state index contributed by atoms with van der Waals surface area (Å²) in [5.41, 5.74) is 2.02. The molecule has 118 valence electrons. The maximum Gasteiger partial charge on any atom is 0.266 e. The van der Waals surface area contributed by atoms with Crippen LogP contribution in [0.1, 0.15) is 11.1 Å². The summed E-state index contributed by atoms with van der Waals surface area (Å²) in [6.07, 6.45) is 0.638. The molecule has 3 aromatic rings. The standard InChI is InChI=1S/C16H11ClO4S2/c17-23(18,19)15-13-12-7-6-11(8-10-4-2-1-3-5-10)14(13)20-9-21-16(15)22-12/h1-7H,8-9H2. The van der Waals surface area contributed by atoms with Gasteiger partial charge in [0.15, 0.2) is 5.06 Å². The minimum Gasteiger partial charge on any atom is -0.456 e. The van der Waals surface area contributed by atoms with E-state index in [9.17, 15) is 8.42 Å². The van der Waals surface area contributed by atoms with E-state index in [-0.39, 0.29) is 16.8 Å². The zero-order chi connectivity index (χ0) is 16.0. The topological polar surface area (TPSA) is 52.6 Å². The average Bonchev–Trinajstić information content (AvgIpc) is 2.76. The van der Waals surface area contributed by atoms with Crippen LogP contribution in [0, 0.1) is 0 Å². The van der Waals surface area contributed by atoms with Gasteiger partial charge in [-0.2, -0.15) is 0 Å². The smallest absolute Gasteiger partial charge is 0.266 e. The zero-order valence-corrected chi connectivity index (χ0v) is 14.2. The molecule has 0 N–H and O–H groups in total. The van der Waals surface area contributed by atoms with Crippen LogP contribution in [0.15, 0.2) is 47.4 Å². The van der Waals surface area contributed by atoms with E-state index in [1.807, 2.05) is 42.5 Å². The van der Waals surface area contributed by atoms with Crippen LogP contribution in [0.3, 0.4) is 0 Å². The Morgan fingerprint density at radius 3 is 2.61 bits per heavy atom. The Morgan fingerprint density at radius 2 is 1.87 bits per heavy atom. The molecule has 23 heavy (non-hydrogen) atoms. The number of ether oxygens (including phenoxy) is 2. The van der Waals surface area contributed by atoms with E-state index in [0.717, 1.165) is 15.8 Å². The summed E-state index contributed by atoms with van der Waals surface area (Å²) in [5.74, 6) is 0.533. The van der Waals surface area contributed by atoms with E-state index in [1.165, 1.54) is 11.3 Å². The van der Waals surface area contributed by atoms with Crippen LogP contribution >= 0.6 is 22.0 Å². The maximum atomic E-state index is 12.0. The molecule has 0 saturated heterocycles. The monoisotopic (exact) mass is 366 g/mol. The van der Waals surface area contributed by atoms with Gasteiger partial charge in [0.2, 0.25) is 6.79 Å². The second kappa shape index (κ2) is 5.40. The van der Waals surface area contributed by atoms with Crippen LogP contribution in [0.2, 0.25) is 0 Å². The first-order chi connectivity index (χ1) is 11.0. The molecule has 7 heteroatoms. The fourth-order valence-corrected chi connectivity index (χ4v) is 5.47. The molecule has 1 aromatic heterocycles. The van der Waals surface area contributed by atoms with Crippen LogP contribution in [0.25, 0.3) is 10.1 Å².